The fourth-order valence-electron chi connectivity index (χ4n) is 1.35. The summed E-state index contributed by atoms with van der Waals surface area (Å²) in [5.74, 6) is -0.442. The monoisotopic (exact) mass is 205 g/mol. The molecule has 0 radical (unpaired) electrons. The minimum Gasteiger partial charge on any atom is -0.464 e. The molecule has 2 aromatic heterocycles. The Morgan fingerprint density at radius 1 is 1.60 bits per heavy atom. The summed E-state index contributed by atoms with van der Waals surface area (Å²) >= 11 is 0. The van der Waals surface area contributed by atoms with Crippen LogP contribution in [0.5, 0.6) is 0 Å². The highest BCUT2D eigenvalue weighted by Gasteiger charge is 2.09. The van der Waals surface area contributed by atoms with Crippen molar-refractivity contribution in [1.82, 2.24) is 14.8 Å². The molecule has 5 heteroatoms. The molecule has 0 atom stereocenters. The number of nitrogens with zero attached hydrogens (tertiary/aromatic N) is 3. The minimum atomic E-state index is -0.442. The van der Waals surface area contributed by atoms with Gasteiger partial charge in [-0.25, -0.2) is 9.78 Å². The molecular weight excluding hydrogens is 194 g/mol. The van der Waals surface area contributed by atoms with E-state index in [1.54, 1.807) is 16.9 Å². The highest BCUT2D eigenvalue weighted by atomic mass is 16.5. The summed E-state index contributed by atoms with van der Waals surface area (Å²) < 4.78 is 6.38. The SMILES string of the molecule is CCn1cc2cnc(C(=O)OC)cc2n1. The predicted molar refractivity (Wildman–Crippen MR) is 54.5 cm³/mol. The molecule has 15 heavy (non-hydrogen) atoms. The summed E-state index contributed by atoms with van der Waals surface area (Å²) in [5.41, 5.74) is 1.04. The molecule has 0 saturated carbocycles. The van der Waals surface area contributed by atoms with Gasteiger partial charge >= 0.3 is 5.97 Å². The molecule has 2 rings (SSSR count). The first kappa shape index (κ1) is 9.64. The van der Waals surface area contributed by atoms with Crippen molar-refractivity contribution in [3.63, 3.8) is 0 Å². The number of fused-ring (bicyclic) bond motifs is 1. The zero-order chi connectivity index (χ0) is 10.8. The molecule has 0 aliphatic carbocycles. The average molecular weight is 205 g/mol. The molecule has 0 amide bonds. The van der Waals surface area contributed by atoms with E-state index in [1.807, 2.05) is 13.1 Å². The molecule has 78 valence electrons. The summed E-state index contributed by atoms with van der Waals surface area (Å²) in [4.78, 5) is 15.2. The quantitative estimate of drug-likeness (QED) is 0.692. The van der Waals surface area contributed by atoms with Gasteiger partial charge in [0.05, 0.1) is 12.6 Å². The Morgan fingerprint density at radius 3 is 3.07 bits per heavy atom. The van der Waals surface area contributed by atoms with Crippen LogP contribution in [0.4, 0.5) is 0 Å². The van der Waals surface area contributed by atoms with Gasteiger partial charge in [0.2, 0.25) is 0 Å². The Labute approximate surface area is 86.7 Å². The van der Waals surface area contributed by atoms with Crippen molar-refractivity contribution in [2.75, 3.05) is 7.11 Å². The van der Waals surface area contributed by atoms with Crippen LogP contribution in [0.2, 0.25) is 0 Å². The second-order valence-corrected chi connectivity index (χ2v) is 3.10. The maximum Gasteiger partial charge on any atom is 0.356 e. The first-order valence-corrected chi connectivity index (χ1v) is 4.66. The highest BCUT2D eigenvalue weighted by Crippen LogP contribution is 2.12. The van der Waals surface area contributed by atoms with Crippen molar-refractivity contribution in [1.29, 1.82) is 0 Å². The number of carbonyl (C=O) groups excluding carboxylic acids is 1. The zero-order valence-corrected chi connectivity index (χ0v) is 8.60. The Balaban J connectivity index is 2.50. The number of hydrogen-bond acceptors (Lipinski definition) is 4. The van der Waals surface area contributed by atoms with Crippen molar-refractivity contribution < 1.29 is 9.53 Å². The summed E-state index contributed by atoms with van der Waals surface area (Å²) in [6.45, 7) is 2.79. The van der Waals surface area contributed by atoms with Crippen molar-refractivity contribution >= 4 is 16.9 Å². The van der Waals surface area contributed by atoms with Crippen LogP contribution in [0, 0.1) is 0 Å². The number of esters is 1. The Morgan fingerprint density at radius 2 is 2.40 bits per heavy atom. The van der Waals surface area contributed by atoms with E-state index in [4.69, 9.17) is 0 Å². The lowest BCUT2D eigenvalue weighted by molar-refractivity contribution is 0.0594. The van der Waals surface area contributed by atoms with Crippen LogP contribution >= 0.6 is 0 Å². The van der Waals surface area contributed by atoms with Gasteiger partial charge in [0.15, 0.2) is 5.69 Å². The van der Waals surface area contributed by atoms with Crippen molar-refractivity contribution in [2.45, 2.75) is 13.5 Å². The fraction of sp³-hybridized carbons (Fsp3) is 0.300. The summed E-state index contributed by atoms with van der Waals surface area (Å²) in [7, 11) is 1.33. The lowest BCUT2D eigenvalue weighted by atomic mass is 10.3. The number of methoxy groups -OCH3 is 1. The predicted octanol–water partition coefficient (Wildman–Crippen LogP) is 1.24. The summed E-state index contributed by atoms with van der Waals surface area (Å²) in [6.07, 6.45) is 3.52. The van der Waals surface area contributed by atoms with Crippen molar-refractivity contribution in [2.24, 2.45) is 0 Å². The molecule has 0 bridgehead atoms. The lowest BCUT2D eigenvalue weighted by Crippen LogP contribution is -2.03. The van der Waals surface area contributed by atoms with E-state index in [2.05, 4.69) is 14.8 Å². The number of carbonyl (C=O) groups is 1. The maximum absolute atomic E-state index is 11.2. The van der Waals surface area contributed by atoms with Gasteiger partial charge in [-0.2, -0.15) is 5.10 Å². The second kappa shape index (κ2) is 3.68. The Kier molecular flexibility index (Phi) is 2.37. The van der Waals surface area contributed by atoms with E-state index in [1.165, 1.54) is 7.11 Å². The molecule has 2 aromatic rings. The molecular formula is C10H11N3O2. The van der Waals surface area contributed by atoms with E-state index in [9.17, 15) is 4.79 Å². The third-order valence-corrected chi connectivity index (χ3v) is 2.15. The number of aromatic nitrogens is 3. The van der Waals surface area contributed by atoms with Crippen LogP contribution in [-0.4, -0.2) is 27.8 Å². The van der Waals surface area contributed by atoms with Gasteiger partial charge in [-0.05, 0) is 13.0 Å². The molecule has 0 spiro atoms. The molecule has 0 fully saturated rings. The number of hydrogen-bond donors (Lipinski definition) is 0. The van der Waals surface area contributed by atoms with Gasteiger partial charge in [0, 0.05) is 24.3 Å². The van der Waals surface area contributed by atoms with E-state index in [0.717, 1.165) is 17.4 Å². The molecule has 0 saturated heterocycles. The fourth-order valence-corrected chi connectivity index (χ4v) is 1.35. The van der Waals surface area contributed by atoms with Gasteiger partial charge in [-0.3, -0.25) is 4.68 Å². The third-order valence-electron chi connectivity index (χ3n) is 2.15. The Hall–Kier alpha value is -1.91. The molecule has 0 aromatic carbocycles. The molecule has 0 aliphatic heterocycles. The first-order chi connectivity index (χ1) is 7.24. The van der Waals surface area contributed by atoms with Crippen molar-refractivity contribution in [3.05, 3.63) is 24.2 Å². The van der Waals surface area contributed by atoms with Crippen LogP contribution in [0.1, 0.15) is 17.4 Å². The number of pyridine rings is 1. The molecule has 0 aliphatic rings. The lowest BCUT2D eigenvalue weighted by Gasteiger charge is -1.96. The van der Waals surface area contributed by atoms with Gasteiger partial charge < -0.3 is 4.74 Å². The minimum absolute atomic E-state index is 0.284. The number of aryl methyl sites for hydroxylation is 1. The zero-order valence-electron chi connectivity index (χ0n) is 8.60. The van der Waals surface area contributed by atoms with Crippen LogP contribution in [0.3, 0.4) is 0 Å². The van der Waals surface area contributed by atoms with Crippen LogP contribution in [0.25, 0.3) is 10.9 Å². The van der Waals surface area contributed by atoms with Gasteiger partial charge in [-0.15, -0.1) is 0 Å². The normalized spacial score (nSPS) is 10.5. The van der Waals surface area contributed by atoms with Crippen molar-refractivity contribution in [3.8, 4) is 0 Å². The maximum atomic E-state index is 11.2. The van der Waals surface area contributed by atoms with Crippen LogP contribution in [-0.2, 0) is 11.3 Å². The van der Waals surface area contributed by atoms with Gasteiger partial charge in [-0.1, -0.05) is 0 Å². The van der Waals surface area contributed by atoms with Crippen LogP contribution < -0.4 is 0 Å². The molecule has 0 N–H and O–H groups in total. The van der Waals surface area contributed by atoms with E-state index in [-0.39, 0.29) is 5.69 Å². The third kappa shape index (κ3) is 1.68. The first-order valence-electron chi connectivity index (χ1n) is 4.66. The average Bonchev–Trinajstić information content (AvgIpc) is 2.69. The standard InChI is InChI=1S/C10H11N3O2/c1-3-13-6-7-5-11-9(10(14)15-2)4-8(7)12-13/h4-6H,3H2,1-2H3. The van der Waals surface area contributed by atoms with Gasteiger partial charge in [0.25, 0.3) is 0 Å². The molecule has 2 heterocycles. The molecule has 0 unspecified atom stereocenters. The highest BCUT2D eigenvalue weighted by molar-refractivity contribution is 5.91. The Bertz CT molecular complexity index is 504. The second-order valence-electron chi connectivity index (χ2n) is 3.10. The van der Waals surface area contributed by atoms with Crippen LogP contribution in [0.15, 0.2) is 18.5 Å². The van der Waals surface area contributed by atoms with E-state index < -0.39 is 5.97 Å². The van der Waals surface area contributed by atoms with E-state index >= 15 is 0 Å². The number of rotatable bonds is 2. The molecule has 5 nitrogen and oxygen atoms in total. The van der Waals surface area contributed by atoms with Gasteiger partial charge in [0.1, 0.15) is 0 Å². The largest absolute Gasteiger partial charge is 0.464 e. The summed E-state index contributed by atoms with van der Waals surface area (Å²) in [5, 5.41) is 5.20. The number of ether oxygens (including phenoxy) is 1. The topological polar surface area (TPSA) is 57.0 Å². The smallest absolute Gasteiger partial charge is 0.356 e. The van der Waals surface area contributed by atoms with E-state index in [0.29, 0.717) is 0 Å². The summed E-state index contributed by atoms with van der Waals surface area (Å²) in [6, 6.07) is 1.63.